The van der Waals surface area contributed by atoms with Crippen molar-refractivity contribution in [3.63, 3.8) is 0 Å². The van der Waals surface area contributed by atoms with Crippen molar-refractivity contribution in [2.75, 3.05) is 5.73 Å². The number of nitrogens with zero attached hydrogens (tertiary/aromatic N) is 3. The van der Waals surface area contributed by atoms with Crippen LogP contribution >= 0.6 is 22.7 Å². The first-order chi connectivity index (χ1) is 10.8. The fraction of sp³-hybridized carbons (Fsp3) is 0. The fourth-order valence-corrected chi connectivity index (χ4v) is 3.68. The summed E-state index contributed by atoms with van der Waals surface area (Å²) < 4.78 is 1.84. The molecule has 0 atom stereocenters. The minimum Gasteiger partial charge on any atom is -0.369 e. The van der Waals surface area contributed by atoms with Crippen LogP contribution in [0, 0.1) is 0 Å². The number of anilines is 1. The van der Waals surface area contributed by atoms with Gasteiger partial charge in [0.25, 0.3) is 0 Å². The van der Waals surface area contributed by atoms with Crippen molar-refractivity contribution in [3.8, 4) is 27.6 Å². The molecule has 1 aromatic carbocycles. The Morgan fingerprint density at radius 2 is 1.77 bits per heavy atom. The highest BCUT2D eigenvalue weighted by Crippen LogP contribution is 2.28. The molecule has 4 rings (SSSR count). The van der Waals surface area contributed by atoms with Gasteiger partial charge in [-0.2, -0.15) is 11.3 Å². The van der Waals surface area contributed by atoms with Gasteiger partial charge < -0.3 is 5.73 Å². The van der Waals surface area contributed by atoms with Crippen molar-refractivity contribution >= 4 is 28.6 Å². The zero-order valence-electron chi connectivity index (χ0n) is 11.5. The van der Waals surface area contributed by atoms with Crippen LogP contribution in [0.2, 0.25) is 0 Å². The normalized spacial score (nSPS) is 10.9. The van der Waals surface area contributed by atoms with E-state index in [0.717, 1.165) is 27.6 Å². The third-order valence-electron chi connectivity index (χ3n) is 3.32. The number of rotatable bonds is 3. The first kappa shape index (κ1) is 13.2. The van der Waals surface area contributed by atoms with Crippen LogP contribution in [-0.2, 0) is 0 Å². The Balaban J connectivity index is 1.73. The van der Waals surface area contributed by atoms with Crippen LogP contribution in [0.15, 0.2) is 58.7 Å². The van der Waals surface area contributed by atoms with E-state index in [-0.39, 0.29) is 0 Å². The number of thiophene rings is 1. The molecule has 0 bridgehead atoms. The van der Waals surface area contributed by atoms with E-state index in [0.29, 0.717) is 5.95 Å². The van der Waals surface area contributed by atoms with E-state index in [2.05, 4.69) is 15.3 Å². The Kier molecular flexibility index (Phi) is 3.25. The maximum Gasteiger partial charge on any atom is 0.207 e. The SMILES string of the molecule is Nc1nc(-c2ccsc2)cn1-c1nc(-c2ccccc2)cs1. The Labute approximate surface area is 135 Å². The van der Waals surface area contributed by atoms with Gasteiger partial charge in [-0.1, -0.05) is 30.3 Å². The molecule has 22 heavy (non-hydrogen) atoms. The molecule has 0 spiro atoms. The average molecular weight is 324 g/mol. The third kappa shape index (κ3) is 2.32. The van der Waals surface area contributed by atoms with Gasteiger partial charge in [-0.05, 0) is 11.4 Å². The minimum absolute atomic E-state index is 0.454. The van der Waals surface area contributed by atoms with Crippen LogP contribution in [0.1, 0.15) is 0 Å². The Bertz CT molecular complexity index is 892. The summed E-state index contributed by atoms with van der Waals surface area (Å²) in [7, 11) is 0. The summed E-state index contributed by atoms with van der Waals surface area (Å²) >= 11 is 3.20. The molecular weight excluding hydrogens is 312 g/mol. The van der Waals surface area contributed by atoms with Gasteiger partial charge in [-0.25, -0.2) is 9.97 Å². The summed E-state index contributed by atoms with van der Waals surface area (Å²) in [5.41, 5.74) is 10.0. The van der Waals surface area contributed by atoms with E-state index in [9.17, 15) is 0 Å². The lowest BCUT2D eigenvalue weighted by Crippen LogP contribution is -1.98. The lowest BCUT2D eigenvalue weighted by molar-refractivity contribution is 1.05. The number of nitrogens with two attached hydrogens (primary N) is 1. The fourth-order valence-electron chi connectivity index (χ4n) is 2.21. The maximum absolute atomic E-state index is 6.05. The number of aromatic nitrogens is 3. The molecule has 6 heteroatoms. The molecule has 0 fully saturated rings. The Hall–Kier alpha value is -2.44. The van der Waals surface area contributed by atoms with E-state index in [1.54, 1.807) is 22.7 Å². The molecule has 4 aromatic rings. The molecule has 0 radical (unpaired) electrons. The largest absolute Gasteiger partial charge is 0.369 e. The highest BCUT2D eigenvalue weighted by Gasteiger charge is 2.12. The van der Waals surface area contributed by atoms with Gasteiger partial charge in [-0.3, -0.25) is 4.57 Å². The lowest BCUT2D eigenvalue weighted by Gasteiger charge is -1.98. The van der Waals surface area contributed by atoms with E-state index < -0.39 is 0 Å². The second-order valence-electron chi connectivity index (χ2n) is 4.75. The van der Waals surface area contributed by atoms with Crippen molar-refractivity contribution in [2.24, 2.45) is 0 Å². The molecule has 0 saturated heterocycles. The van der Waals surface area contributed by atoms with Crippen molar-refractivity contribution < 1.29 is 0 Å². The van der Waals surface area contributed by atoms with Gasteiger partial charge in [0, 0.05) is 28.1 Å². The molecule has 108 valence electrons. The zero-order valence-corrected chi connectivity index (χ0v) is 13.1. The van der Waals surface area contributed by atoms with Crippen molar-refractivity contribution in [1.29, 1.82) is 0 Å². The first-order valence-electron chi connectivity index (χ1n) is 6.70. The summed E-state index contributed by atoms with van der Waals surface area (Å²) in [4.78, 5) is 9.10. The van der Waals surface area contributed by atoms with Gasteiger partial charge in [-0.15, -0.1) is 11.3 Å². The predicted molar refractivity (Wildman–Crippen MR) is 92.4 cm³/mol. The van der Waals surface area contributed by atoms with Crippen LogP contribution in [0.4, 0.5) is 5.95 Å². The Morgan fingerprint density at radius 1 is 0.909 bits per heavy atom. The number of hydrogen-bond donors (Lipinski definition) is 1. The van der Waals surface area contributed by atoms with Crippen LogP contribution in [-0.4, -0.2) is 14.5 Å². The molecule has 0 saturated carbocycles. The average Bonchev–Trinajstić information content (AvgIpc) is 3.28. The molecule has 0 unspecified atom stereocenters. The van der Waals surface area contributed by atoms with E-state index >= 15 is 0 Å². The monoisotopic (exact) mass is 324 g/mol. The standard InChI is InChI=1S/C16H12N4S2/c17-15-18-13(12-6-7-21-9-12)8-20(15)16-19-14(10-22-16)11-4-2-1-3-5-11/h1-10H,(H2,17,18). The van der Waals surface area contributed by atoms with Crippen molar-refractivity contribution in [1.82, 2.24) is 14.5 Å². The summed E-state index contributed by atoms with van der Waals surface area (Å²) in [5, 5.41) is 6.95. The van der Waals surface area contributed by atoms with Crippen LogP contribution in [0.5, 0.6) is 0 Å². The van der Waals surface area contributed by atoms with Gasteiger partial charge in [0.1, 0.15) is 0 Å². The smallest absolute Gasteiger partial charge is 0.207 e. The zero-order chi connectivity index (χ0) is 14.9. The number of imidazole rings is 1. The second-order valence-corrected chi connectivity index (χ2v) is 6.36. The summed E-state index contributed by atoms with van der Waals surface area (Å²) in [6, 6.07) is 12.1. The maximum atomic E-state index is 6.05. The quantitative estimate of drug-likeness (QED) is 0.611. The van der Waals surface area contributed by atoms with Crippen LogP contribution in [0.3, 0.4) is 0 Å². The number of nitrogen functional groups attached to an aromatic ring is 1. The lowest BCUT2D eigenvalue weighted by atomic mass is 10.2. The molecular formula is C16H12N4S2. The molecule has 3 aromatic heterocycles. The summed E-state index contributed by atoms with van der Waals surface area (Å²) in [6.07, 6.45) is 1.94. The minimum atomic E-state index is 0.454. The summed E-state index contributed by atoms with van der Waals surface area (Å²) in [6.45, 7) is 0. The van der Waals surface area contributed by atoms with Gasteiger partial charge in [0.05, 0.1) is 11.4 Å². The molecule has 0 aliphatic heterocycles. The number of benzene rings is 1. The van der Waals surface area contributed by atoms with E-state index in [1.165, 1.54) is 0 Å². The molecule has 4 nitrogen and oxygen atoms in total. The highest BCUT2D eigenvalue weighted by molar-refractivity contribution is 7.12. The number of thiazole rings is 1. The molecule has 0 aliphatic carbocycles. The van der Waals surface area contributed by atoms with Gasteiger partial charge in [0.15, 0.2) is 5.13 Å². The number of hydrogen-bond acceptors (Lipinski definition) is 5. The van der Waals surface area contributed by atoms with Gasteiger partial charge >= 0.3 is 0 Å². The van der Waals surface area contributed by atoms with E-state index in [1.807, 2.05) is 57.9 Å². The molecule has 2 N–H and O–H groups in total. The van der Waals surface area contributed by atoms with Gasteiger partial charge in [0.2, 0.25) is 5.95 Å². The van der Waals surface area contributed by atoms with E-state index in [4.69, 9.17) is 5.73 Å². The molecule has 3 heterocycles. The summed E-state index contributed by atoms with van der Waals surface area (Å²) in [5.74, 6) is 0.454. The second kappa shape index (κ2) is 5.40. The third-order valence-corrected chi connectivity index (χ3v) is 4.84. The first-order valence-corrected chi connectivity index (χ1v) is 8.52. The van der Waals surface area contributed by atoms with Crippen LogP contribution in [0.25, 0.3) is 27.6 Å². The van der Waals surface area contributed by atoms with Crippen LogP contribution < -0.4 is 5.73 Å². The van der Waals surface area contributed by atoms with Crippen molar-refractivity contribution in [2.45, 2.75) is 0 Å². The molecule has 0 amide bonds. The van der Waals surface area contributed by atoms with Crippen molar-refractivity contribution in [3.05, 3.63) is 58.7 Å². The Morgan fingerprint density at radius 3 is 2.55 bits per heavy atom. The highest BCUT2D eigenvalue weighted by atomic mass is 32.1. The predicted octanol–water partition coefficient (Wildman–Crippen LogP) is 4.31. The topological polar surface area (TPSA) is 56.7 Å². The molecule has 0 aliphatic rings.